The molecule has 0 radical (unpaired) electrons. The van der Waals surface area contributed by atoms with Gasteiger partial charge >= 0.3 is 0 Å². The number of anilines is 1. The van der Waals surface area contributed by atoms with Gasteiger partial charge in [0.1, 0.15) is 5.82 Å². The van der Waals surface area contributed by atoms with Crippen molar-refractivity contribution in [3.8, 4) is 11.3 Å². The monoisotopic (exact) mass is 406 g/mol. The van der Waals surface area contributed by atoms with Gasteiger partial charge in [-0.15, -0.1) is 16.4 Å². The van der Waals surface area contributed by atoms with E-state index in [4.69, 9.17) is 23.2 Å². The number of halogens is 3. The molecule has 4 rings (SSSR count). The Morgan fingerprint density at radius 1 is 1.15 bits per heavy atom. The summed E-state index contributed by atoms with van der Waals surface area (Å²) in [7, 11) is 0. The molecule has 1 N–H and O–H groups in total. The Bertz CT molecular complexity index is 1120. The molecule has 0 atom stereocenters. The minimum atomic E-state index is -0.422. The lowest BCUT2D eigenvalue weighted by Crippen LogP contribution is -2.13. The van der Waals surface area contributed by atoms with Gasteiger partial charge in [0.05, 0.1) is 10.7 Å². The zero-order chi connectivity index (χ0) is 18.3. The van der Waals surface area contributed by atoms with Crippen molar-refractivity contribution < 1.29 is 9.18 Å². The van der Waals surface area contributed by atoms with E-state index >= 15 is 0 Å². The Labute approximate surface area is 161 Å². The number of nitrogens with one attached hydrogen (secondary N) is 1. The third kappa shape index (κ3) is 3.16. The minimum absolute atomic E-state index is 0.150. The van der Waals surface area contributed by atoms with Crippen molar-refractivity contribution in [3.63, 3.8) is 0 Å². The number of benzene rings is 2. The molecule has 0 spiro atoms. The Kier molecular flexibility index (Phi) is 4.36. The Balaban J connectivity index is 1.65. The number of carbonyl (C=O) groups is 1. The molecule has 26 heavy (non-hydrogen) atoms. The van der Waals surface area contributed by atoms with E-state index in [9.17, 15) is 9.18 Å². The van der Waals surface area contributed by atoms with E-state index in [1.54, 1.807) is 22.7 Å². The van der Waals surface area contributed by atoms with Crippen LogP contribution in [0.2, 0.25) is 10.0 Å². The Morgan fingerprint density at radius 3 is 2.65 bits per heavy atom. The number of hydrogen-bond acceptors (Lipinski definition) is 4. The molecule has 4 aromatic rings. The molecule has 0 aliphatic rings. The van der Waals surface area contributed by atoms with Gasteiger partial charge < -0.3 is 0 Å². The normalized spacial score (nSPS) is 11.0. The number of thiazole rings is 1. The van der Waals surface area contributed by atoms with Crippen LogP contribution in [0.15, 0.2) is 47.8 Å². The lowest BCUT2D eigenvalue weighted by Gasteiger charge is -2.03. The fourth-order valence-corrected chi connectivity index (χ4v) is 3.72. The maximum absolute atomic E-state index is 13.0. The first kappa shape index (κ1) is 17.0. The van der Waals surface area contributed by atoms with E-state index in [1.165, 1.54) is 35.6 Å². The molecule has 0 aliphatic carbocycles. The van der Waals surface area contributed by atoms with E-state index in [0.29, 0.717) is 20.6 Å². The van der Waals surface area contributed by atoms with Gasteiger partial charge in [0, 0.05) is 21.5 Å². The van der Waals surface area contributed by atoms with E-state index in [-0.39, 0.29) is 5.95 Å². The van der Waals surface area contributed by atoms with Crippen molar-refractivity contribution in [1.82, 2.24) is 14.6 Å². The average molecular weight is 407 g/mol. The zero-order valence-corrected chi connectivity index (χ0v) is 15.2. The van der Waals surface area contributed by atoms with E-state index in [0.717, 1.165) is 11.3 Å². The van der Waals surface area contributed by atoms with Crippen LogP contribution in [0.4, 0.5) is 10.3 Å². The zero-order valence-electron chi connectivity index (χ0n) is 12.9. The molecule has 2 heterocycles. The summed E-state index contributed by atoms with van der Waals surface area (Å²) in [6.45, 7) is 0. The predicted octanol–water partition coefficient (Wildman–Crippen LogP) is 5.16. The summed E-state index contributed by atoms with van der Waals surface area (Å²) in [6, 6.07) is 10.4. The number of aromatic nitrogens is 3. The van der Waals surface area contributed by atoms with E-state index in [2.05, 4.69) is 15.4 Å². The molecule has 2 aromatic heterocycles. The van der Waals surface area contributed by atoms with Gasteiger partial charge in [-0.1, -0.05) is 23.2 Å². The van der Waals surface area contributed by atoms with Crippen molar-refractivity contribution in [2.24, 2.45) is 0 Å². The number of amides is 1. The van der Waals surface area contributed by atoms with Gasteiger partial charge in [-0.25, -0.2) is 8.91 Å². The first-order valence-corrected chi connectivity index (χ1v) is 9.01. The summed E-state index contributed by atoms with van der Waals surface area (Å²) in [5.74, 6) is -0.682. The van der Waals surface area contributed by atoms with Crippen LogP contribution in [0.5, 0.6) is 0 Å². The molecular formula is C17H9Cl2FN4OS. The van der Waals surface area contributed by atoms with Crippen LogP contribution in [0.1, 0.15) is 10.4 Å². The summed E-state index contributed by atoms with van der Waals surface area (Å²) in [5, 5.41) is 9.82. The summed E-state index contributed by atoms with van der Waals surface area (Å²) >= 11 is 13.6. The van der Waals surface area contributed by atoms with Crippen LogP contribution in [-0.4, -0.2) is 20.5 Å². The fraction of sp³-hybridized carbons (Fsp3) is 0. The van der Waals surface area contributed by atoms with Crippen molar-refractivity contribution in [3.05, 3.63) is 69.3 Å². The molecule has 2 aromatic carbocycles. The number of hydrogen-bond donors (Lipinski definition) is 1. The van der Waals surface area contributed by atoms with Crippen molar-refractivity contribution in [1.29, 1.82) is 0 Å². The van der Waals surface area contributed by atoms with Gasteiger partial charge in [-0.05, 0) is 42.5 Å². The molecule has 0 saturated heterocycles. The maximum atomic E-state index is 13.0. The molecule has 0 bridgehead atoms. The second-order valence-electron chi connectivity index (χ2n) is 5.34. The van der Waals surface area contributed by atoms with Gasteiger partial charge in [0.2, 0.25) is 4.96 Å². The highest BCUT2D eigenvalue weighted by Crippen LogP contribution is 2.33. The summed E-state index contributed by atoms with van der Waals surface area (Å²) < 4.78 is 14.6. The van der Waals surface area contributed by atoms with Crippen LogP contribution >= 0.6 is 34.5 Å². The van der Waals surface area contributed by atoms with Crippen LogP contribution in [0, 0.1) is 5.82 Å². The quantitative estimate of drug-likeness (QED) is 0.511. The van der Waals surface area contributed by atoms with Crippen molar-refractivity contribution >= 4 is 51.4 Å². The minimum Gasteiger partial charge on any atom is -0.289 e. The Morgan fingerprint density at radius 2 is 1.92 bits per heavy atom. The highest BCUT2D eigenvalue weighted by molar-refractivity contribution is 7.15. The SMILES string of the molecule is O=C(Nc1nc2scc(-c3ccc(Cl)cc3Cl)n2n1)c1ccc(F)cc1. The molecule has 0 aliphatic heterocycles. The first-order chi connectivity index (χ1) is 12.5. The molecule has 5 nitrogen and oxygen atoms in total. The van der Waals surface area contributed by atoms with Crippen LogP contribution in [0.25, 0.3) is 16.2 Å². The van der Waals surface area contributed by atoms with Gasteiger partial charge in [-0.2, -0.15) is 4.98 Å². The topological polar surface area (TPSA) is 59.3 Å². The molecular weight excluding hydrogens is 398 g/mol. The highest BCUT2D eigenvalue weighted by atomic mass is 35.5. The van der Waals surface area contributed by atoms with Crippen LogP contribution in [-0.2, 0) is 0 Å². The maximum Gasteiger partial charge on any atom is 0.258 e. The largest absolute Gasteiger partial charge is 0.289 e. The number of fused-ring (bicyclic) bond motifs is 1. The number of carbonyl (C=O) groups excluding carboxylic acids is 1. The first-order valence-electron chi connectivity index (χ1n) is 7.38. The molecule has 130 valence electrons. The summed E-state index contributed by atoms with van der Waals surface area (Å²) in [6.07, 6.45) is 0. The van der Waals surface area contributed by atoms with Crippen molar-refractivity contribution in [2.45, 2.75) is 0 Å². The second kappa shape index (κ2) is 6.68. The van der Waals surface area contributed by atoms with Crippen LogP contribution in [0.3, 0.4) is 0 Å². The second-order valence-corrected chi connectivity index (χ2v) is 7.02. The fourth-order valence-electron chi connectivity index (χ4n) is 2.39. The number of nitrogens with zero attached hydrogens (tertiary/aromatic N) is 3. The summed E-state index contributed by atoms with van der Waals surface area (Å²) in [4.78, 5) is 17.1. The van der Waals surface area contributed by atoms with Crippen LogP contribution < -0.4 is 5.32 Å². The van der Waals surface area contributed by atoms with Gasteiger partial charge in [0.15, 0.2) is 0 Å². The number of rotatable bonds is 3. The smallest absolute Gasteiger partial charge is 0.258 e. The molecule has 0 fully saturated rings. The summed E-state index contributed by atoms with van der Waals surface area (Å²) in [5.41, 5.74) is 1.80. The predicted molar refractivity (Wildman–Crippen MR) is 101 cm³/mol. The lowest BCUT2D eigenvalue weighted by atomic mass is 10.2. The lowest BCUT2D eigenvalue weighted by molar-refractivity contribution is 0.102. The van der Waals surface area contributed by atoms with Crippen molar-refractivity contribution in [2.75, 3.05) is 5.32 Å². The Hall–Kier alpha value is -2.48. The van der Waals surface area contributed by atoms with E-state index in [1.807, 2.05) is 5.38 Å². The third-order valence-corrected chi connectivity index (χ3v) is 4.98. The van der Waals surface area contributed by atoms with Gasteiger partial charge in [-0.3, -0.25) is 10.1 Å². The molecule has 1 amide bonds. The molecule has 0 saturated carbocycles. The molecule has 9 heteroatoms. The highest BCUT2D eigenvalue weighted by Gasteiger charge is 2.16. The standard InChI is InChI=1S/C17H9Cl2FN4OS/c18-10-3-6-12(13(19)7-10)14-8-26-17-22-16(23-24(14)17)21-15(25)9-1-4-11(20)5-2-9/h1-8H,(H,21,23,25). The van der Waals surface area contributed by atoms with Gasteiger partial charge in [0.25, 0.3) is 11.9 Å². The molecule has 0 unspecified atom stereocenters. The van der Waals surface area contributed by atoms with E-state index < -0.39 is 11.7 Å². The third-order valence-electron chi connectivity index (χ3n) is 3.62. The average Bonchev–Trinajstić information content (AvgIpc) is 3.16.